The van der Waals surface area contributed by atoms with Crippen LogP contribution in [0, 0.1) is 5.92 Å². The second-order valence-electron chi connectivity index (χ2n) is 5.68. The van der Waals surface area contributed by atoms with Gasteiger partial charge in [0.2, 0.25) is 5.91 Å². The highest BCUT2D eigenvalue weighted by molar-refractivity contribution is 7.16. The summed E-state index contributed by atoms with van der Waals surface area (Å²) in [6, 6.07) is 6.43. The molecule has 0 fully saturated rings. The van der Waals surface area contributed by atoms with Gasteiger partial charge in [-0.3, -0.25) is 9.59 Å². The highest BCUT2D eigenvalue weighted by Gasteiger charge is 2.26. The average Bonchev–Trinajstić information content (AvgIpc) is 3.32. The summed E-state index contributed by atoms with van der Waals surface area (Å²) in [5, 5.41) is 9.87. The van der Waals surface area contributed by atoms with Crippen LogP contribution in [-0.4, -0.2) is 22.8 Å². The molecule has 25 heavy (non-hydrogen) atoms. The van der Waals surface area contributed by atoms with Gasteiger partial charge in [0.05, 0.1) is 16.8 Å². The largest absolute Gasteiger partial charge is 0.459 e. The molecule has 2 N–H and O–H groups in total. The lowest BCUT2D eigenvalue weighted by Gasteiger charge is -2.20. The smallest absolute Gasteiger partial charge is 0.287 e. The molecule has 0 saturated heterocycles. The van der Waals surface area contributed by atoms with E-state index in [4.69, 9.17) is 4.42 Å². The first-order valence-electron chi connectivity index (χ1n) is 7.69. The molecule has 0 bridgehead atoms. The van der Waals surface area contributed by atoms with Crippen LogP contribution in [0.4, 0.5) is 5.13 Å². The molecule has 0 saturated carbocycles. The van der Waals surface area contributed by atoms with E-state index in [-0.39, 0.29) is 17.6 Å². The van der Waals surface area contributed by atoms with Gasteiger partial charge in [-0.1, -0.05) is 19.9 Å². The number of carbonyl (C=O) groups excluding carboxylic acids is 2. The number of nitrogens with one attached hydrogen (secondary N) is 2. The number of amides is 2. The number of thiophene rings is 1. The van der Waals surface area contributed by atoms with Crippen LogP contribution >= 0.6 is 22.7 Å². The Kier molecular flexibility index (Phi) is 5.30. The van der Waals surface area contributed by atoms with Crippen LogP contribution in [0.25, 0.3) is 10.6 Å². The first-order valence-corrected chi connectivity index (χ1v) is 9.45. The van der Waals surface area contributed by atoms with Crippen molar-refractivity contribution in [1.29, 1.82) is 0 Å². The molecule has 130 valence electrons. The average molecular weight is 375 g/mol. The zero-order valence-corrected chi connectivity index (χ0v) is 15.3. The molecule has 0 aromatic carbocycles. The maximum Gasteiger partial charge on any atom is 0.287 e. The number of rotatable bonds is 6. The van der Waals surface area contributed by atoms with E-state index in [0.29, 0.717) is 5.13 Å². The third-order valence-electron chi connectivity index (χ3n) is 3.49. The molecule has 1 unspecified atom stereocenters. The lowest BCUT2D eigenvalue weighted by Crippen LogP contribution is -2.47. The van der Waals surface area contributed by atoms with E-state index in [1.54, 1.807) is 23.5 Å². The second kappa shape index (κ2) is 7.62. The Morgan fingerprint density at radius 3 is 2.68 bits per heavy atom. The molecule has 0 aliphatic carbocycles. The van der Waals surface area contributed by atoms with Crippen LogP contribution in [0.2, 0.25) is 0 Å². The van der Waals surface area contributed by atoms with Crippen molar-refractivity contribution >= 4 is 39.6 Å². The quantitative estimate of drug-likeness (QED) is 0.685. The van der Waals surface area contributed by atoms with Gasteiger partial charge >= 0.3 is 0 Å². The van der Waals surface area contributed by atoms with E-state index in [9.17, 15) is 9.59 Å². The van der Waals surface area contributed by atoms with E-state index in [1.807, 2.05) is 36.7 Å². The molecule has 3 aromatic heterocycles. The van der Waals surface area contributed by atoms with Gasteiger partial charge < -0.3 is 15.1 Å². The summed E-state index contributed by atoms with van der Waals surface area (Å²) >= 11 is 2.94. The second-order valence-corrected chi connectivity index (χ2v) is 7.48. The monoisotopic (exact) mass is 375 g/mol. The fourth-order valence-corrected chi connectivity index (χ4v) is 3.68. The normalized spacial score (nSPS) is 12.1. The Morgan fingerprint density at radius 2 is 2.04 bits per heavy atom. The molecule has 0 aliphatic rings. The molecule has 1 atom stereocenters. The summed E-state index contributed by atoms with van der Waals surface area (Å²) < 4.78 is 5.07. The predicted molar refractivity (Wildman–Crippen MR) is 98.9 cm³/mol. The van der Waals surface area contributed by atoms with Crippen molar-refractivity contribution in [3.05, 3.63) is 47.0 Å². The van der Waals surface area contributed by atoms with E-state index < -0.39 is 11.9 Å². The number of aromatic nitrogens is 1. The maximum absolute atomic E-state index is 12.6. The summed E-state index contributed by atoms with van der Waals surface area (Å²) in [5.41, 5.74) is 0.830. The van der Waals surface area contributed by atoms with Crippen molar-refractivity contribution in [2.45, 2.75) is 19.9 Å². The summed E-state index contributed by atoms with van der Waals surface area (Å²) in [5.74, 6) is -0.637. The van der Waals surface area contributed by atoms with Crippen molar-refractivity contribution in [3.8, 4) is 10.6 Å². The highest BCUT2D eigenvalue weighted by atomic mass is 32.1. The molecule has 0 spiro atoms. The molecule has 6 nitrogen and oxygen atoms in total. The Hall–Kier alpha value is -2.45. The van der Waals surface area contributed by atoms with Gasteiger partial charge in [0, 0.05) is 5.38 Å². The number of anilines is 1. The summed E-state index contributed by atoms with van der Waals surface area (Å²) in [4.78, 5) is 30.2. The first kappa shape index (κ1) is 17.4. The van der Waals surface area contributed by atoms with Gasteiger partial charge in [0.15, 0.2) is 10.9 Å². The minimum atomic E-state index is -0.688. The standard InChI is InChI=1S/C17H17N3O3S2/c1-10(2)14(19-15(21)12-5-3-7-23-12)16(22)20-17-18-11(9-25-17)13-6-4-8-24-13/h3-10,14H,1-2H3,(H,19,21)(H,18,20,22). The van der Waals surface area contributed by atoms with Crippen molar-refractivity contribution < 1.29 is 14.0 Å². The van der Waals surface area contributed by atoms with Crippen LogP contribution < -0.4 is 10.6 Å². The van der Waals surface area contributed by atoms with Crippen LogP contribution in [-0.2, 0) is 4.79 Å². The number of carbonyl (C=O) groups is 2. The van der Waals surface area contributed by atoms with Gasteiger partial charge in [-0.25, -0.2) is 4.98 Å². The summed E-state index contributed by atoms with van der Waals surface area (Å²) in [6.07, 6.45) is 1.42. The van der Waals surface area contributed by atoms with Crippen molar-refractivity contribution in [2.24, 2.45) is 5.92 Å². The predicted octanol–water partition coefficient (Wildman–Crippen LogP) is 3.86. The molecule has 3 rings (SSSR count). The number of thiazole rings is 1. The Balaban J connectivity index is 1.68. The van der Waals surface area contributed by atoms with Crippen LogP contribution in [0.15, 0.2) is 45.7 Å². The van der Waals surface area contributed by atoms with E-state index in [1.165, 1.54) is 17.6 Å². The minimum absolute atomic E-state index is 0.0874. The number of hydrogen-bond donors (Lipinski definition) is 2. The Bertz CT molecular complexity index is 839. The lowest BCUT2D eigenvalue weighted by molar-refractivity contribution is -0.118. The van der Waals surface area contributed by atoms with Gasteiger partial charge in [-0.2, -0.15) is 0 Å². The minimum Gasteiger partial charge on any atom is -0.459 e. The summed E-state index contributed by atoms with van der Waals surface area (Å²) in [6.45, 7) is 3.73. The van der Waals surface area contributed by atoms with Gasteiger partial charge in [-0.15, -0.1) is 22.7 Å². The third kappa shape index (κ3) is 4.15. The van der Waals surface area contributed by atoms with Gasteiger partial charge in [0.25, 0.3) is 5.91 Å². The topological polar surface area (TPSA) is 84.2 Å². The molecule has 0 aliphatic heterocycles. The van der Waals surface area contributed by atoms with Gasteiger partial charge in [-0.05, 0) is 29.5 Å². The number of nitrogens with zero attached hydrogens (tertiary/aromatic N) is 1. The van der Waals surface area contributed by atoms with Crippen LogP contribution in [0.1, 0.15) is 24.4 Å². The zero-order chi connectivity index (χ0) is 17.8. The van der Waals surface area contributed by atoms with Crippen LogP contribution in [0.5, 0.6) is 0 Å². The fourth-order valence-electron chi connectivity index (χ4n) is 2.21. The summed E-state index contributed by atoms with van der Waals surface area (Å²) in [7, 11) is 0. The molecule has 3 heterocycles. The first-order chi connectivity index (χ1) is 12.0. The molecular weight excluding hydrogens is 358 g/mol. The highest BCUT2D eigenvalue weighted by Crippen LogP contribution is 2.28. The Labute approximate surface area is 152 Å². The number of hydrogen-bond acceptors (Lipinski definition) is 6. The van der Waals surface area contributed by atoms with E-state index in [2.05, 4.69) is 15.6 Å². The maximum atomic E-state index is 12.6. The molecule has 2 amide bonds. The lowest BCUT2D eigenvalue weighted by atomic mass is 10.0. The number of furan rings is 1. The van der Waals surface area contributed by atoms with Crippen molar-refractivity contribution in [2.75, 3.05) is 5.32 Å². The molecule has 0 radical (unpaired) electrons. The molecule has 8 heteroatoms. The van der Waals surface area contributed by atoms with Crippen molar-refractivity contribution in [3.63, 3.8) is 0 Å². The van der Waals surface area contributed by atoms with E-state index in [0.717, 1.165) is 10.6 Å². The molecule has 3 aromatic rings. The van der Waals surface area contributed by atoms with E-state index >= 15 is 0 Å². The van der Waals surface area contributed by atoms with Crippen LogP contribution in [0.3, 0.4) is 0 Å². The zero-order valence-electron chi connectivity index (χ0n) is 13.7. The SMILES string of the molecule is CC(C)C(NC(=O)c1ccco1)C(=O)Nc1nc(-c2cccs2)cs1. The Morgan fingerprint density at radius 1 is 1.20 bits per heavy atom. The molecular formula is C17H17N3O3S2. The van der Waals surface area contributed by atoms with Gasteiger partial charge in [0.1, 0.15) is 6.04 Å². The van der Waals surface area contributed by atoms with Crippen molar-refractivity contribution in [1.82, 2.24) is 10.3 Å². The fraction of sp³-hybridized carbons (Fsp3) is 0.235. The third-order valence-corrected chi connectivity index (χ3v) is 5.14.